The first kappa shape index (κ1) is 65.5. The van der Waals surface area contributed by atoms with Crippen molar-refractivity contribution in [2.45, 2.75) is 302 Å². The highest BCUT2D eigenvalue weighted by molar-refractivity contribution is 7.47. The molecule has 3 N–H and O–H groups in total. The van der Waals surface area contributed by atoms with Crippen molar-refractivity contribution in [3.8, 4) is 0 Å². The van der Waals surface area contributed by atoms with Gasteiger partial charge in [0.15, 0.2) is 6.10 Å². The van der Waals surface area contributed by atoms with Crippen LogP contribution in [-0.4, -0.2) is 49.3 Å². The summed E-state index contributed by atoms with van der Waals surface area (Å²) in [5, 5.41) is 0. The number of ether oxygens (including phenoxy) is 2. The minimum Gasteiger partial charge on any atom is -0.462 e. The molecule has 0 aliphatic rings. The Labute approximate surface area is 414 Å². The average molecular weight is 968 g/mol. The first-order chi connectivity index (χ1) is 32.8. The zero-order valence-electron chi connectivity index (χ0n) is 44.2. The third kappa shape index (κ3) is 53.7. The normalized spacial score (nSPS) is 13.2. The number of hydrogen-bond acceptors (Lipinski definition) is 8. The van der Waals surface area contributed by atoms with Gasteiger partial charge in [-0.1, -0.05) is 244 Å². The molecule has 0 aromatic carbocycles. The molecule has 67 heavy (non-hydrogen) atoms. The van der Waals surface area contributed by atoms with Gasteiger partial charge in [0.1, 0.15) is 6.61 Å². The molecule has 0 aromatic heterocycles. The summed E-state index contributed by atoms with van der Waals surface area (Å²) in [5.41, 5.74) is 5.38. The molecule has 396 valence electrons. The van der Waals surface area contributed by atoms with Crippen LogP contribution in [-0.2, 0) is 32.7 Å². The minimum absolute atomic E-state index is 0.0551. The molecule has 0 aromatic rings. The Balaban J connectivity index is 3.95. The van der Waals surface area contributed by atoms with E-state index in [0.29, 0.717) is 6.42 Å². The van der Waals surface area contributed by atoms with Crippen molar-refractivity contribution in [2.24, 2.45) is 5.73 Å². The quantitative estimate of drug-likeness (QED) is 0.0264. The Morgan fingerprint density at radius 2 is 0.731 bits per heavy atom. The van der Waals surface area contributed by atoms with Gasteiger partial charge >= 0.3 is 19.8 Å². The summed E-state index contributed by atoms with van der Waals surface area (Å²) in [6, 6.07) is 0. The van der Waals surface area contributed by atoms with E-state index in [0.717, 1.165) is 38.5 Å². The van der Waals surface area contributed by atoms with Crippen LogP contribution in [0.15, 0.2) is 24.3 Å². The second kappa shape index (κ2) is 53.8. The van der Waals surface area contributed by atoms with Gasteiger partial charge in [0, 0.05) is 19.4 Å². The van der Waals surface area contributed by atoms with Crippen LogP contribution in [0.25, 0.3) is 0 Å². The van der Waals surface area contributed by atoms with E-state index in [1.165, 1.54) is 225 Å². The van der Waals surface area contributed by atoms with Crippen molar-refractivity contribution in [3.05, 3.63) is 24.3 Å². The molecule has 2 unspecified atom stereocenters. The summed E-state index contributed by atoms with van der Waals surface area (Å²) < 4.78 is 33.0. The molecule has 0 saturated carbocycles. The van der Waals surface area contributed by atoms with E-state index >= 15 is 0 Å². The summed E-state index contributed by atoms with van der Waals surface area (Å²) in [5.74, 6) is -0.814. The van der Waals surface area contributed by atoms with E-state index < -0.39 is 26.5 Å². The van der Waals surface area contributed by atoms with Crippen LogP contribution in [0.3, 0.4) is 0 Å². The number of phosphoric acid groups is 1. The summed E-state index contributed by atoms with van der Waals surface area (Å²) in [6.45, 7) is 3.79. The lowest BCUT2D eigenvalue weighted by molar-refractivity contribution is -0.161. The topological polar surface area (TPSA) is 134 Å². The Bertz CT molecular complexity index is 1150. The van der Waals surface area contributed by atoms with Crippen molar-refractivity contribution in [3.63, 3.8) is 0 Å². The third-order valence-electron chi connectivity index (χ3n) is 12.8. The number of hydrogen-bond donors (Lipinski definition) is 2. The van der Waals surface area contributed by atoms with Crippen LogP contribution in [0.5, 0.6) is 0 Å². The summed E-state index contributed by atoms with van der Waals surface area (Å²) in [6.07, 6.45) is 62.3. The number of carbonyl (C=O) groups is 2. The summed E-state index contributed by atoms with van der Waals surface area (Å²) in [4.78, 5) is 35.2. The van der Waals surface area contributed by atoms with Gasteiger partial charge in [-0.05, 0) is 64.2 Å². The summed E-state index contributed by atoms with van der Waals surface area (Å²) in [7, 11) is -4.38. The lowest BCUT2D eigenvalue weighted by atomic mass is 10.0. The Hall–Kier alpha value is -1.51. The molecular formula is C57H110NO8P. The van der Waals surface area contributed by atoms with Crippen molar-refractivity contribution < 1.29 is 37.6 Å². The van der Waals surface area contributed by atoms with Crippen LogP contribution < -0.4 is 5.73 Å². The number of unbranched alkanes of at least 4 members (excludes halogenated alkanes) is 38. The van der Waals surface area contributed by atoms with E-state index in [1.807, 2.05) is 0 Å². The first-order valence-electron chi connectivity index (χ1n) is 28.8. The third-order valence-corrected chi connectivity index (χ3v) is 13.8. The van der Waals surface area contributed by atoms with Crippen LogP contribution in [0.2, 0.25) is 0 Å². The van der Waals surface area contributed by atoms with E-state index in [-0.39, 0.29) is 38.6 Å². The second-order valence-corrected chi connectivity index (χ2v) is 21.0. The molecule has 2 atom stereocenters. The number of nitrogens with two attached hydrogens (primary N) is 1. The lowest BCUT2D eigenvalue weighted by Crippen LogP contribution is -2.29. The van der Waals surface area contributed by atoms with Crippen molar-refractivity contribution in [1.82, 2.24) is 0 Å². The van der Waals surface area contributed by atoms with Crippen LogP contribution in [0, 0.1) is 0 Å². The Morgan fingerprint density at radius 1 is 0.433 bits per heavy atom. The summed E-state index contributed by atoms with van der Waals surface area (Å²) >= 11 is 0. The molecule has 0 spiro atoms. The van der Waals surface area contributed by atoms with Crippen LogP contribution in [0.1, 0.15) is 296 Å². The van der Waals surface area contributed by atoms with Gasteiger partial charge in [0.2, 0.25) is 0 Å². The molecule has 9 nitrogen and oxygen atoms in total. The van der Waals surface area contributed by atoms with Gasteiger partial charge in [-0.3, -0.25) is 18.6 Å². The molecule has 0 aliphatic heterocycles. The number of carbonyl (C=O) groups excluding carboxylic acids is 2. The molecule has 0 aliphatic carbocycles. The Kier molecular flexibility index (Phi) is 52.6. The largest absolute Gasteiger partial charge is 0.472 e. The molecule has 10 heteroatoms. The van der Waals surface area contributed by atoms with Gasteiger partial charge in [0.05, 0.1) is 13.2 Å². The van der Waals surface area contributed by atoms with Crippen molar-refractivity contribution >= 4 is 19.8 Å². The second-order valence-electron chi connectivity index (χ2n) is 19.5. The minimum atomic E-state index is -4.38. The molecular weight excluding hydrogens is 858 g/mol. The molecule has 0 fully saturated rings. The lowest BCUT2D eigenvalue weighted by Gasteiger charge is -2.19. The van der Waals surface area contributed by atoms with E-state index in [2.05, 4.69) is 38.2 Å². The fourth-order valence-corrected chi connectivity index (χ4v) is 9.28. The van der Waals surface area contributed by atoms with Crippen molar-refractivity contribution in [2.75, 3.05) is 26.4 Å². The zero-order valence-corrected chi connectivity index (χ0v) is 45.1. The maximum absolute atomic E-state index is 12.7. The Morgan fingerprint density at radius 3 is 1.06 bits per heavy atom. The average Bonchev–Trinajstić information content (AvgIpc) is 3.32. The number of allylic oxidation sites excluding steroid dienone is 4. The first-order valence-corrected chi connectivity index (χ1v) is 30.3. The van der Waals surface area contributed by atoms with Gasteiger partial charge in [0.25, 0.3) is 0 Å². The molecule has 0 rings (SSSR count). The fraction of sp³-hybridized carbons (Fsp3) is 0.895. The monoisotopic (exact) mass is 968 g/mol. The highest BCUT2D eigenvalue weighted by Crippen LogP contribution is 2.43. The predicted molar refractivity (Wildman–Crippen MR) is 284 cm³/mol. The number of esters is 2. The maximum atomic E-state index is 12.7. The van der Waals surface area contributed by atoms with Gasteiger partial charge in [-0.2, -0.15) is 0 Å². The highest BCUT2D eigenvalue weighted by atomic mass is 31.2. The van der Waals surface area contributed by atoms with Gasteiger partial charge in [-0.25, -0.2) is 4.57 Å². The molecule has 0 heterocycles. The predicted octanol–water partition coefficient (Wildman–Crippen LogP) is 17.9. The number of phosphoric ester groups is 1. The number of rotatable bonds is 55. The molecule has 0 bridgehead atoms. The SMILES string of the molecule is CCCCCCCCCC/C=C\CCCCCCCCCCCCCC(=O)OCC(COP(=O)(O)OCCN)OC(=O)CCCCCCCCCCCCC/C=C\CCCCCCCCCC. The maximum Gasteiger partial charge on any atom is 0.472 e. The van der Waals surface area contributed by atoms with Crippen LogP contribution >= 0.6 is 7.82 Å². The van der Waals surface area contributed by atoms with Gasteiger partial charge in [-0.15, -0.1) is 0 Å². The molecule has 0 amide bonds. The van der Waals surface area contributed by atoms with E-state index in [9.17, 15) is 19.0 Å². The zero-order chi connectivity index (χ0) is 48.8. The van der Waals surface area contributed by atoms with Crippen molar-refractivity contribution in [1.29, 1.82) is 0 Å². The standard InChI is InChI=1S/C57H110NO8P/c1-3-5-7-9-11-13-15-17-19-21-23-25-27-29-31-33-35-37-39-41-43-45-47-49-56(59)63-53-55(54-65-67(61,62)64-52-51-58)66-57(60)50-48-46-44-42-40-38-36-34-32-30-28-26-24-22-20-18-16-14-12-10-8-6-4-2/h21-24,55H,3-20,25-54,58H2,1-2H3,(H,61,62)/b23-21-,24-22-. The van der Waals surface area contributed by atoms with Gasteiger partial charge < -0.3 is 20.1 Å². The smallest absolute Gasteiger partial charge is 0.462 e. The molecule has 0 saturated heterocycles. The van der Waals surface area contributed by atoms with E-state index in [1.54, 1.807) is 0 Å². The molecule has 0 radical (unpaired) electrons. The highest BCUT2D eigenvalue weighted by Gasteiger charge is 2.26. The fourth-order valence-electron chi connectivity index (χ4n) is 8.51. The van der Waals surface area contributed by atoms with Crippen LogP contribution in [0.4, 0.5) is 0 Å². The van der Waals surface area contributed by atoms with E-state index in [4.69, 9.17) is 24.3 Å².